The van der Waals surface area contributed by atoms with Gasteiger partial charge in [-0.1, -0.05) is 27.6 Å². The molecule has 0 bridgehead atoms. The van der Waals surface area contributed by atoms with Gasteiger partial charge in [0.1, 0.15) is 6.61 Å². The molecule has 2 amide bonds. The summed E-state index contributed by atoms with van der Waals surface area (Å²) in [5.74, 6) is -1.77. The van der Waals surface area contributed by atoms with Gasteiger partial charge in [-0.15, -0.1) is 0 Å². The summed E-state index contributed by atoms with van der Waals surface area (Å²) in [6, 6.07) is -0.374. The highest BCUT2D eigenvalue weighted by Gasteiger charge is 2.40. The summed E-state index contributed by atoms with van der Waals surface area (Å²) in [7, 11) is 0. The van der Waals surface area contributed by atoms with Crippen molar-refractivity contribution < 1.29 is 18.4 Å². The lowest BCUT2D eigenvalue weighted by Crippen LogP contribution is -2.44. The number of hydrogen-bond donors (Lipinski definition) is 0. The van der Waals surface area contributed by atoms with Gasteiger partial charge in [-0.25, -0.2) is 9.69 Å². The highest BCUT2D eigenvalue weighted by Crippen LogP contribution is 2.22. The van der Waals surface area contributed by atoms with Crippen molar-refractivity contribution in [3.05, 3.63) is 0 Å². The number of carbonyl (C=O) groups is 2. The van der Waals surface area contributed by atoms with Gasteiger partial charge in [-0.2, -0.15) is 0 Å². The smallest absolute Gasteiger partial charge is 0.416 e. The van der Waals surface area contributed by atoms with Crippen LogP contribution in [0.15, 0.2) is 0 Å². The second kappa shape index (κ2) is 4.64. The van der Waals surface area contributed by atoms with Crippen LogP contribution >= 0.6 is 0 Å². The number of hydrogen-bond acceptors (Lipinski definition) is 3. The molecule has 0 spiro atoms. The molecule has 0 aromatic carbocycles. The Morgan fingerprint density at radius 2 is 2.40 bits per heavy atom. The minimum absolute atomic E-state index is 0.0366. The van der Waals surface area contributed by atoms with Crippen LogP contribution in [0.1, 0.15) is 38.2 Å². The van der Waals surface area contributed by atoms with Gasteiger partial charge in [0, 0.05) is 10.0 Å². The van der Waals surface area contributed by atoms with Crippen LogP contribution < -0.4 is 0 Å². The number of imide groups is 1. The van der Waals surface area contributed by atoms with Crippen molar-refractivity contribution in [1.82, 2.24) is 4.90 Å². The largest absolute Gasteiger partial charge is 0.447 e. The van der Waals surface area contributed by atoms with E-state index in [1.807, 2.05) is 13.8 Å². The highest BCUT2D eigenvalue weighted by molar-refractivity contribution is 5.94. The molecular formula is C11H19NO3. The van der Waals surface area contributed by atoms with E-state index in [0.717, 1.165) is 4.90 Å². The van der Waals surface area contributed by atoms with E-state index in [4.69, 9.17) is 8.85 Å². The van der Waals surface area contributed by atoms with Crippen molar-refractivity contribution in [1.29, 1.82) is 0 Å². The number of cyclic esters (lactones) is 1. The van der Waals surface area contributed by atoms with Crippen molar-refractivity contribution in [2.24, 2.45) is 11.8 Å². The van der Waals surface area contributed by atoms with Crippen molar-refractivity contribution in [3.63, 3.8) is 0 Å². The summed E-state index contributed by atoms with van der Waals surface area (Å²) in [4.78, 5) is 24.8. The SMILES string of the molecule is [2H]C([2H])([2H])[C@@H](CC)C(=O)N1C(=O)OC[C@@H]1C(C)C. The van der Waals surface area contributed by atoms with E-state index in [-0.39, 0.29) is 25.0 Å². The standard InChI is InChI=1S/C11H19NO3/c1-5-8(4)10(13)12-9(7(2)3)6-15-11(12)14/h7-9H,5-6H2,1-4H3/t8-,9+/m0/s1/i4D3. The minimum Gasteiger partial charge on any atom is -0.447 e. The maximum absolute atomic E-state index is 12.2. The number of amides is 2. The molecule has 1 fully saturated rings. The number of nitrogens with zero attached hydrogens (tertiary/aromatic N) is 1. The van der Waals surface area contributed by atoms with Crippen molar-refractivity contribution in [2.75, 3.05) is 6.61 Å². The van der Waals surface area contributed by atoms with E-state index in [2.05, 4.69) is 0 Å². The fourth-order valence-corrected chi connectivity index (χ4v) is 1.52. The number of carbonyl (C=O) groups excluding carboxylic acids is 2. The zero-order valence-corrected chi connectivity index (χ0v) is 9.32. The lowest BCUT2D eigenvalue weighted by atomic mass is 10.0. The fraction of sp³-hybridized carbons (Fsp3) is 0.818. The Labute approximate surface area is 94.8 Å². The van der Waals surface area contributed by atoms with Gasteiger partial charge in [-0.3, -0.25) is 4.79 Å². The predicted octanol–water partition coefficient (Wildman–Crippen LogP) is 2.04. The van der Waals surface area contributed by atoms with Crippen LogP contribution in [0.4, 0.5) is 4.79 Å². The summed E-state index contributed by atoms with van der Waals surface area (Å²) in [6.07, 6.45) is -0.564. The van der Waals surface area contributed by atoms with E-state index < -0.39 is 24.8 Å². The van der Waals surface area contributed by atoms with E-state index in [9.17, 15) is 9.59 Å². The first-order valence-corrected chi connectivity index (χ1v) is 5.20. The molecule has 2 atom stereocenters. The van der Waals surface area contributed by atoms with Crippen LogP contribution in [-0.4, -0.2) is 29.5 Å². The third kappa shape index (κ3) is 2.30. The third-order valence-electron chi connectivity index (χ3n) is 2.62. The van der Waals surface area contributed by atoms with Crippen molar-refractivity contribution >= 4 is 12.0 Å². The first kappa shape index (κ1) is 8.13. The van der Waals surface area contributed by atoms with E-state index in [0.29, 0.717) is 0 Å². The topological polar surface area (TPSA) is 46.6 Å². The molecule has 1 aliphatic rings. The summed E-state index contributed by atoms with van der Waals surface area (Å²) in [5, 5.41) is 0. The van der Waals surface area contributed by atoms with Crippen LogP contribution in [0.3, 0.4) is 0 Å². The molecule has 0 unspecified atom stereocenters. The Morgan fingerprint density at radius 3 is 2.87 bits per heavy atom. The van der Waals surface area contributed by atoms with Gasteiger partial charge in [-0.05, 0) is 12.3 Å². The highest BCUT2D eigenvalue weighted by atomic mass is 16.6. The van der Waals surface area contributed by atoms with Gasteiger partial charge >= 0.3 is 6.09 Å². The molecule has 15 heavy (non-hydrogen) atoms. The molecule has 0 saturated carbocycles. The Morgan fingerprint density at radius 1 is 1.73 bits per heavy atom. The quantitative estimate of drug-likeness (QED) is 0.725. The lowest BCUT2D eigenvalue weighted by molar-refractivity contribution is -0.133. The average Bonchev–Trinajstić information content (AvgIpc) is 2.58. The second-order valence-electron chi connectivity index (χ2n) is 4.06. The van der Waals surface area contributed by atoms with E-state index in [1.165, 1.54) is 0 Å². The molecule has 1 aliphatic heterocycles. The molecular weight excluding hydrogens is 194 g/mol. The summed E-state index contributed by atoms with van der Waals surface area (Å²) < 4.78 is 26.9. The molecule has 1 rings (SSSR count). The van der Waals surface area contributed by atoms with Gasteiger partial charge in [0.05, 0.1) is 6.04 Å². The molecule has 1 saturated heterocycles. The number of ether oxygens (including phenoxy) is 1. The van der Waals surface area contributed by atoms with E-state index >= 15 is 0 Å². The molecule has 1 heterocycles. The van der Waals surface area contributed by atoms with Crippen molar-refractivity contribution in [3.8, 4) is 0 Å². The Balaban J connectivity index is 2.96. The maximum Gasteiger partial charge on any atom is 0.416 e. The molecule has 0 aliphatic carbocycles. The second-order valence-corrected chi connectivity index (χ2v) is 4.06. The molecule has 4 nitrogen and oxygen atoms in total. The maximum atomic E-state index is 12.2. The van der Waals surface area contributed by atoms with Crippen LogP contribution in [0, 0.1) is 11.8 Å². The van der Waals surface area contributed by atoms with Gasteiger partial charge in [0.25, 0.3) is 0 Å². The first-order chi connectivity index (χ1) is 8.20. The molecule has 0 aromatic rings. The van der Waals surface area contributed by atoms with Crippen LogP contribution in [0.2, 0.25) is 0 Å². The average molecular weight is 216 g/mol. The van der Waals surface area contributed by atoms with Gasteiger partial charge < -0.3 is 4.74 Å². The van der Waals surface area contributed by atoms with Gasteiger partial charge in [0.15, 0.2) is 0 Å². The normalized spacial score (nSPS) is 26.9. The van der Waals surface area contributed by atoms with Crippen LogP contribution in [-0.2, 0) is 9.53 Å². The summed E-state index contributed by atoms with van der Waals surface area (Å²) in [5.41, 5.74) is 0. The Kier molecular flexibility index (Phi) is 2.52. The summed E-state index contributed by atoms with van der Waals surface area (Å²) >= 11 is 0. The van der Waals surface area contributed by atoms with Crippen LogP contribution in [0.25, 0.3) is 0 Å². The third-order valence-corrected chi connectivity index (χ3v) is 2.62. The zero-order valence-electron chi connectivity index (χ0n) is 12.3. The first-order valence-electron chi connectivity index (χ1n) is 6.70. The molecule has 86 valence electrons. The Hall–Kier alpha value is -1.06. The Bertz CT molecular complexity index is 341. The zero-order chi connectivity index (χ0) is 14.1. The van der Waals surface area contributed by atoms with Crippen molar-refractivity contribution in [2.45, 2.75) is 40.1 Å². The monoisotopic (exact) mass is 216 g/mol. The molecule has 0 N–H and O–H groups in total. The predicted molar refractivity (Wildman–Crippen MR) is 56.3 cm³/mol. The number of rotatable bonds is 3. The van der Waals surface area contributed by atoms with Crippen LogP contribution in [0.5, 0.6) is 0 Å². The molecule has 0 aromatic heterocycles. The molecule has 0 radical (unpaired) electrons. The van der Waals surface area contributed by atoms with Gasteiger partial charge in [0.2, 0.25) is 5.91 Å². The lowest BCUT2D eigenvalue weighted by Gasteiger charge is -2.24. The fourth-order valence-electron chi connectivity index (χ4n) is 1.52. The summed E-state index contributed by atoms with van der Waals surface area (Å²) in [6.45, 7) is 3.10. The molecule has 4 heteroatoms. The van der Waals surface area contributed by atoms with E-state index in [1.54, 1.807) is 6.92 Å². The minimum atomic E-state index is -2.39.